The number of sulfonamides is 1. The molecular weight excluding hydrogens is 402 g/mol. The van der Waals surface area contributed by atoms with Crippen LogP contribution in [0, 0.1) is 6.92 Å². The van der Waals surface area contributed by atoms with E-state index < -0.39 is 16.4 Å². The van der Waals surface area contributed by atoms with Crippen LogP contribution in [-0.4, -0.2) is 105 Å². The molecule has 0 aliphatic carbocycles. The van der Waals surface area contributed by atoms with Gasteiger partial charge in [-0.2, -0.15) is 4.31 Å². The summed E-state index contributed by atoms with van der Waals surface area (Å²) in [5, 5.41) is 0. The predicted octanol–water partition coefficient (Wildman–Crippen LogP) is 0.711. The first-order chi connectivity index (χ1) is 13.8. The highest BCUT2D eigenvalue weighted by atomic mass is 32.2. The zero-order valence-corrected chi connectivity index (χ0v) is 17.5. The lowest BCUT2D eigenvalue weighted by atomic mass is 10.2. The highest BCUT2D eigenvalue weighted by molar-refractivity contribution is 7.89. The molecule has 2 heterocycles. The van der Waals surface area contributed by atoms with Crippen LogP contribution in [0.5, 0.6) is 0 Å². The molecule has 3 rings (SSSR count). The summed E-state index contributed by atoms with van der Waals surface area (Å²) in [7, 11) is -3.52. The summed E-state index contributed by atoms with van der Waals surface area (Å²) in [6, 6.07) is 6.80. The molecule has 0 unspecified atom stereocenters. The average Bonchev–Trinajstić information content (AvgIpc) is 2.69. The Morgan fingerprint density at radius 2 is 1.48 bits per heavy atom. The van der Waals surface area contributed by atoms with Gasteiger partial charge in [0.05, 0.1) is 18.0 Å². The van der Waals surface area contributed by atoms with Gasteiger partial charge in [-0.05, 0) is 19.1 Å². The molecule has 2 fully saturated rings. The molecule has 10 heteroatoms. The Kier molecular flexibility index (Phi) is 7.20. The molecule has 2 aliphatic rings. The molecule has 0 spiro atoms. The number of benzene rings is 1. The van der Waals surface area contributed by atoms with Gasteiger partial charge >= 0.3 is 0 Å². The fourth-order valence-corrected chi connectivity index (χ4v) is 5.08. The summed E-state index contributed by atoms with van der Waals surface area (Å²) < 4.78 is 51.9. The maximum atomic E-state index is 12.8. The zero-order valence-electron chi connectivity index (χ0n) is 16.6. The number of nitrogens with zero attached hydrogens (tertiary/aromatic N) is 4. The van der Waals surface area contributed by atoms with Gasteiger partial charge in [-0.3, -0.25) is 14.6 Å². The molecule has 29 heavy (non-hydrogen) atoms. The lowest BCUT2D eigenvalue weighted by Gasteiger charge is -2.37. The van der Waals surface area contributed by atoms with Crippen LogP contribution in [0.2, 0.25) is 0 Å². The molecular formula is C19H28F2N4O3S. The van der Waals surface area contributed by atoms with E-state index in [4.69, 9.17) is 0 Å². The van der Waals surface area contributed by atoms with Gasteiger partial charge in [0.15, 0.2) is 0 Å². The number of hydrogen-bond donors (Lipinski definition) is 0. The molecule has 0 aromatic heterocycles. The van der Waals surface area contributed by atoms with Gasteiger partial charge in [0.1, 0.15) is 0 Å². The predicted molar refractivity (Wildman–Crippen MR) is 105 cm³/mol. The van der Waals surface area contributed by atoms with E-state index >= 15 is 0 Å². The molecule has 2 saturated heterocycles. The lowest BCUT2D eigenvalue weighted by molar-refractivity contribution is -0.134. The van der Waals surface area contributed by atoms with Crippen molar-refractivity contribution in [1.29, 1.82) is 0 Å². The number of halogens is 2. The molecule has 162 valence electrons. The zero-order chi connectivity index (χ0) is 21.0. The Labute approximate surface area is 170 Å². The number of piperazine rings is 2. The van der Waals surface area contributed by atoms with Crippen LogP contribution < -0.4 is 0 Å². The lowest BCUT2D eigenvalue weighted by Crippen LogP contribution is -2.54. The Morgan fingerprint density at radius 3 is 2.03 bits per heavy atom. The third-order valence-corrected chi connectivity index (χ3v) is 7.38. The van der Waals surface area contributed by atoms with Crippen LogP contribution in [0.3, 0.4) is 0 Å². The molecule has 0 atom stereocenters. The normalized spacial score (nSPS) is 20.3. The minimum Gasteiger partial charge on any atom is -0.339 e. The SMILES string of the molecule is Cc1ccc(S(=O)(=O)N2CCN(CC(=O)N3CCN(CC(F)F)CC3)CC2)cc1. The third kappa shape index (κ3) is 5.71. The van der Waals surface area contributed by atoms with Gasteiger partial charge in [0.25, 0.3) is 6.43 Å². The van der Waals surface area contributed by atoms with Crippen molar-refractivity contribution in [2.45, 2.75) is 18.2 Å². The van der Waals surface area contributed by atoms with Gasteiger partial charge < -0.3 is 4.90 Å². The second-order valence-electron chi connectivity index (χ2n) is 7.57. The van der Waals surface area contributed by atoms with E-state index in [2.05, 4.69) is 0 Å². The van der Waals surface area contributed by atoms with Crippen molar-refractivity contribution in [3.8, 4) is 0 Å². The van der Waals surface area contributed by atoms with E-state index in [1.54, 1.807) is 34.1 Å². The van der Waals surface area contributed by atoms with E-state index in [1.807, 2.05) is 11.8 Å². The highest BCUT2D eigenvalue weighted by Gasteiger charge is 2.30. The maximum absolute atomic E-state index is 12.8. The summed E-state index contributed by atoms with van der Waals surface area (Å²) >= 11 is 0. The number of aryl methyl sites for hydroxylation is 1. The van der Waals surface area contributed by atoms with Gasteiger partial charge in [-0.25, -0.2) is 17.2 Å². The number of carbonyl (C=O) groups is 1. The first kappa shape index (κ1) is 22.1. The summed E-state index contributed by atoms with van der Waals surface area (Å²) in [6.07, 6.45) is -2.36. The Morgan fingerprint density at radius 1 is 0.931 bits per heavy atom. The number of rotatable bonds is 6. The van der Waals surface area contributed by atoms with Crippen molar-refractivity contribution in [3.05, 3.63) is 29.8 Å². The van der Waals surface area contributed by atoms with Crippen LogP contribution in [0.1, 0.15) is 5.56 Å². The molecule has 0 N–H and O–H groups in total. The Bertz CT molecular complexity index is 788. The van der Waals surface area contributed by atoms with E-state index in [0.29, 0.717) is 52.4 Å². The minimum absolute atomic E-state index is 0.0310. The van der Waals surface area contributed by atoms with Crippen LogP contribution in [0.25, 0.3) is 0 Å². The number of carbonyl (C=O) groups excluding carboxylic acids is 1. The fourth-order valence-electron chi connectivity index (χ4n) is 3.65. The quantitative estimate of drug-likeness (QED) is 0.665. The van der Waals surface area contributed by atoms with Crippen molar-refractivity contribution >= 4 is 15.9 Å². The molecule has 1 aromatic rings. The second-order valence-corrected chi connectivity index (χ2v) is 9.50. The minimum atomic E-state index is -3.52. The van der Waals surface area contributed by atoms with Crippen molar-refractivity contribution in [3.63, 3.8) is 0 Å². The van der Waals surface area contributed by atoms with Crippen molar-refractivity contribution in [1.82, 2.24) is 19.0 Å². The van der Waals surface area contributed by atoms with Gasteiger partial charge in [-0.1, -0.05) is 17.7 Å². The molecule has 0 bridgehead atoms. The number of alkyl halides is 2. The summed E-state index contributed by atoms with van der Waals surface area (Å²) in [4.78, 5) is 18.1. The van der Waals surface area contributed by atoms with Crippen LogP contribution >= 0.6 is 0 Å². The Hall–Kier alpha value is -1.62. The van der Waals surface area contributed by atoms with Gasteiger partial charge in [0, 0.05) is 52.4 Å². The smallest absolute Gasteiger partial charge is 0.251 e. The molecule has 7 nitrogen and oxygen atoms in total. The topological polar surface area (TPSA) is 64.2 Å². The molecule has 1 aromatic carbocycles. The second kappa shape index (κ2) is 9.46. The van der Waals surface area contributed by atoms with Crippen LogP contribution in [-0.2, 0) is 14.8 Å². The number of amides is 1. The van der Waals surface area contributed by atoms with Crippen LogP contribution in [0.4, 0.5) is 8.78 Å². The fraction of sp³-hybridized carbons (Fsp3) is 0.632. The first-order valence-electron chi connectivity index (χ1n) is 9.83. The van der Waals surface area contributed by atoms with E-state index in [1.165, 1.54) is 4.31 Å². The summed E-state index contributed by atoms with van der Waals surface area (Å²) in [5.41, 5.74) is 1.00. The largest absolute Gasteiger partial charge is 0.339 e. The molecule has 2 aliphatic heterocycles. The third-order valence-electron chi connectivity index (χ3n) is 5.47. The maximum Gasteiger partial charge on any atom is 0.251 e. The molecule has 0 radical (unpaired) electrons. The van der Waals surface area contributed by atoms with E-state index in [-0.39, 0.29) is 23.9 Å². The van der Waals surface area contributed by atoms with Crippen molar-refractivity contribution in [2.24, 2.45) is 0 Å². The standard InChI is InChI=1S/C19H28F2N4O3S/c1-16-2-4-17(5-3-16)29(27,28)25-12-8-23(9-13-25)15-19(26)24-10-6-22(7-11-24)14-18(20)21/h2-5,18H,6-15H2,1H3. The van der Waals surface area contributed by atoms with Crippen molar-refractivity contribution < 1.29 is 22.0 Å². The van der Waals surface area contributed by atoms with E-state index in [9.17, 15) is 22.0 Å². The van der Waals surface area contributed by atoms with E-state index in [0.717, 1.165) is 5.56 Å². The highest BCUT2D eigenvalue weighted by Crippen LogP contribution is 2.18. The van der Waals surface area contributed by atoms with Gasteiger partial charge in [-0.15, -0.1) is 0 Å². The number of hydrogen-bond acceptors (Lipinski definition) is 5. The molecule has 1 amide bonds. The first-order valence-corrected chi connectivity index (χ1v) is 11.3. The van der Waals surface area contributed by atoms with Crippen molar-refractivity contribution in [2.75, 3.05) is 65.4 Å². The average molecular weight is 431 g/mol. The summed E-state index contributed by atoms with van der Waals surface area (Å²) in [5.74, 6) is -0.0310. The Balaban J connectivity index is 1.46. The summed E-state index contributed by atoms with van der Waals surface area (Å²) in [6.45, 7) is 5.36. The monoisotopic (exact) mass is 430 g/mol. The molecule has 0 saturated carbocycles. The van der Waals surface area contributed by atoms with Crippen LogP contribution in [0.15, 0.2) is 29.2 Å². The van der Waals surface area contributed by atoms with Gasteiger partial charge in [0.2, 0.25) is 15.9 Å².